The zero-order valence-corrected chi connectivity index (χ0v) is 9.96. The van der Waals surface area contributed by atoms with Crippen LogP contribution in [0.4, 0.5) is 4.79 Å². The van der Waals surface area contributed by atoms with E-state index in [-0.39, 0.29) is 12.7 Å². The van der Waals surface area contributed by atoms with Crippen LogP contribution < -0.4 is 5.32 Å². The Hall–Kier alpha value is -0.0700. The molecule has 0 heterocycles. The zero-order chi connectivity index (χ0) is 10.6. The third-order valence-corrected chi connectivity index (χ3v) is 3.53. The molecule has 0 aliphatic heterocycles. The third-order valence-electron chi connectivity index (χ3n) is 1.18. The Bertz CT molecular complexity index is 147. The fraction of sp³-hybridized carbons (Fsp3) is 0.875. The summed E-state index contributed by atoms with van der Waals surface area (Å²) in [4.78, 5) is 10.9. The second-order valence-electron chi connectivity index (χ2n) is 2.43. The van der Waals surface area contributed by atoms with E-state index in [1.165, 1.54) is 0 Å². The van der Waals surface area contributed by atoms with Gasteiger partial charge in [0, 0.05) is 18.1 Å². The number of rotatable bonds is 8. The van der Waals surface area contributed by atoms with Gasteiger partial charge in [0.2, 0.25) is 0 Å². The molecule has 0 saturated heterocycles. The fourth-order valence-corrected chi connectivity index (χ4v) is 2.20. The quantitative estimate of drug-likeness (QED) is 0.496. The molecule has 6 heteroatoms. The van der Waals surface area contributed by atoms with Gasteiger partial charge in [0.15, 0.2) is 0 Å². The summed E-state index contributed by atoms with van der Waals surface area (Å²) < 4.78 is 4.88. The van der Waals surface area contributed by atoms with Gasteiger partial charge in [-0.25, -0.2) is 4.79 Å². The van der Waals surface area contributed by atoms with Crippen molar-refractivity contribution in [1.82, 2.24) is 5.32 Å². The van der Waals surface area contributed by atoms with Crippen molar-refractivity contribution in [1.29, 1.82) is 0 Å². The highest BCUT2D eigenvalue weighted by Gasteiger charge is 1.99. The second-order valence-corrected chi connectivity index (χ2v) is 5.13. The van der Waals surface area contributed by atoms with Crippen molar-refractivity contribution in [2.45, 2.75) is 13.3 Å². The van der Waals surface area contributed by atoms with Gasteiger partial charge in [0.1, 0.15) is 6.61 Å². The maximum Gasteiger partial charge on any atom is 0.407 e. The smallest absolute Gasteiger partial charge is 0.407 e. The van der Waals surface area contributed by atoms with Crippen molar-refractivity contribution in [2.75, 3.05) is 31.3 Å². The highest BCUT2D eigenvalue weighted by atomic mass is 33.1. The lowest BCUT2D eigenvalue weighted by atomic mass is 10.5. The van der Waals surface area contributed by atoms with Crippen molar-refractivity contribution in [3.8, 4) is 0 Å². The monoisotopic (exact) mass is 239 g/mol. The van der Waals surface area contributed by atoms with E-state index in [1.807, 2.05) is 6.92 Å². The van der Waals surface area contributed by atoms with Gasteiger partial charge in [-0.3, -0.25) is 0 Å². The van der Waals surface area contributed by atoms with E-state index in [0.717, 1.165) is 12.2 Å². The first kappa shape index (κ1) is 13.9. The van der Waals surface area contributed by atoms with Crippen LogP contribution in [0, 0.1) is 0 Å². The number of nitrogens with one attached hydrogen (secondary N) is 1. The molecule has 0 aliphatic rings. The Morgan fingerprint density at radius 2 is 2.14 bits per heavy atom. The molecule has 4 nitrogen and oxygen atoms in total. The molecule has 0 aromatic rings. The highest BCUT2D eigenvalue weighted by Crippen LogP contribution is 2.19. The third kappa shape index (κ3) is 10.0. The molecule has 0 fully saturated rings. The van der Waals surface area contributed by atoms with Crippen LogP contribution in [0.1, 0.15) is 13.3 Å². The van der Waals surface area contributed by atoms with Crippen LogP contribution in [0.2, 0.25) is 0 Å². The van der Waals surface area contributed by atoms with Gasteiger partial charge in [-0.2, -0.15) is 0 Å². The van der Waals surface area contributed by atoms with E-state index < -0.39 is 0 Å². The van der Waals surface area contributed by atoms with Crippen LogP contribution in [0.5, 0.6) is 0 Å². The minimum Gasteiger partial charge on any atom is -0.449 e. The molecule has 0 bridgehead atoms. The predicted octanol–water partition coefficient (Wildman–Crippen LogP) is 1.50. The Morgan fingerprint density at radius 1 is 1.43 bits per heavy atom. The van der Waals surface area contributed by atoms with Crippen molar-refractivity contribution < 1.29 is 14.6 Å². The molecule has 0 aromatic carbocycles. The molecule has 0 unspecified atom stereocenters. The molecular weight excluding hydrogens is 222 g/mol. The maximum absolute atomic E-state index is 10.9. The van der Waals surface area contributed by atoms with E-state index in [0.29, 0.717) is 18.9 Å². The molecule has 1 amide bonds. The largest absolute Gasteiger partial charge is 0.449 e. The van der Waals surface area contributed by atoms with E-state index >= 15 is 0 Å². The van der Waals surface area contributed by atoms with E-state index in [9.17, 15) is 4.79 Å². The van der Waals surface area contributed by atoms with Crippen molar-refractivity contribution >= 4 is 27.7 Å². The Morgan fingerprint density at radius 3 is 2.79 bits per heavy atom. The normalized spacial score (nSPS) is 9.86. The lowest BCUT2D eigenvalue weighted by molar-refractivity contribution is 0.153. The molecule has 0 rings (SSSR count). The average molecular weight is 239 g/mol. The van der Waals surface area contributed by atoms with E-state index in [4.69, 9.17) is 9.84 Å². The molecule has 2 N–H and O–H groups in total. The van der Waals surface area contributed by atoms with Crippen LogP contribution in [-0.4, -0.2) is 42.5 Å². The van der Waals surface area contributed by atoms with Gasteiger partial charge in [0.25, 0.3) is 0 Å². The molecule has 0 spiro atoms. The number of carbonyl (C=O) groups excluding carboxylic acids is 1. The molecule has 0 atom stereocenters. The molecule has 84 valence electrons. The standard InChI is InChI=1S/C8H17NO3S2/c1-2-3-9-8(11)12-5-7-14-13-6-4-10/h10H,2-7H2,1H3,(H,9,11). The van der Waals surface area contributed by atoms with E-state index in [1.54, 1.807) is 21.6 Å². The summed E-state index contributed by atoms with van der Waals surface area (Å²) in [6, 6.07) is 0. The highest BCUT2D eigenvalue weighted by molar-refractivity contribution is 8.76. The van der Waals surface area contributed by atoms with Gasteiger partial charge in [-0.1, -0.05) is 28.5 Å². The minimum atomic E-state index is -0.348. The van der Waals surface area contributed by atoms with Crippen molar-refractivity contribution in [3.63, 3.8) is 0 Å². The summed E-state index contributed by atoms with van der Waals surface area (Å²) >= 11 is 0. The molecule has 0 saturated carbocycles. The van der Waals surface area contributed by atoms with Gasteiger partial charge in [-0.05, 0) is 6.42 Å². The number of hydrogen-bond donors (Lipinski definition) is 2. The van der Waals surface area contributed by atoms with Gasteiger partial charge in [0.05, 0.1) is 6.61 Å². The molecule has 14 heavy (non-hydrogen) atoms. The lowest BCUT2D eigenvalue weighted by Crippen LogP contribution is -2.25. The Balaban J connectivity index is 3.07. The van der Waals surface area contributed by atoms with Crippen LogP contribution in [-0.2, 0) is 4.74 Å². The van der Waals surface area contributed by atoms with Gasteiger partial charge < -0.3 is 15.2 Å². The predicted molar refractivity (Wildman–Crippen MR) is 61.6 cm³/mol. The molecule has 0 aliphatic carbocycles. The first-order chi connectivity index (χ1) is 6.81. The average Bonchev–Trinajstić information content (AvgIpc) is 2.20. The van der Waals surface area contributed by atoms with Crippen LogP contribution in [0.3, 0.4) is 0 Å². The second kappa shape index (κ2) is 11.0. The lowest BCUT2D eigenvalue weighted by Gasteiger charge is -2.04. The molecule has 0 radical (unpaired) electrons. The zero-order valence-electron chi connectivity index (χ0n) is 8.32. The summed E-state index contributed by atoms with van der Waals surface area (Å²) in [5.74, 6) is 1.47. The van der Waals surface area contributed by atoms with Crippen molar-refractivity contribution in [3.05, 3.63) is 0 Å². The molecular formula is C8H17NO3S2. The number of aliphatic hydroxyl groups is 1. The van der Waals surface area contributed by atoms with Gasteiger partial charge >= 0.3 is 6.09 Å². The summed E-state index contributed by atoms with van der Waals surface area (Å²) in [7, 11) is 3.17. The SMILES string of the molecule is CCCNC(=O)OCCSSCCO. The molecule has 0 aromatic heterocycles. The first-order valence-electron chi connectivity index (χ1n) is 4.57. The number of aliphatic hydroxyl groups excluding tert-OH is 1. The number of amides is 1. The Labute approximate surface area is 92.6 Å². The maximum atomic E-state index is 10.9. The number of alkyl carbamates (subject to hydrolysis) is 1. The number of carbonyl (C=O) groups is 1. The summed E-state index contributed by atoms with van der Waals surface area (Å²) in [5, 5.41) is 11.1. The van der Waals surface area contributed by atoms with E-state index in [2.05, 4.69) is 5.32 Å². The van der Waals surface area contributed by atoms with Gasteiger partial charge in [-0.15, -0.1) is 0 Å². The Kier molecular flexibility index (Phi) is 11.0. The van der Waals surface area contributed by atoms with Crippen LogP contribution >= 0.6 is 21.6 Å². The number of hydrogen-bond acceptors (Lipinski definition) is 5. The van der Waals surface area contributed by atoms with Crippen molar-refractivity contribution in [2.24, 2.45) is 0 Å². The van der Waals surface area contributed by atoms with Crippen LogP contribution in [0.25, 0.3) is 0 Å². The fourth-order valence-electron chi connectivity index (χ4n) is 0.602. The summed E-state index contributed by atoms with van der Waals surface area (Å²) in [6.07, 6.45) is 0.565. The van der Waals surface area contributed by atoms with Crippen LogP contribution in [0.15, 0.2) is 0 Å². The minimum absolute atomic E-state index is 0.190. The number of ether oxygens (including phenoxy) is 1. The summed E-state index contributed by atoms with van der Waals surface area (Å²) in [5.41, 5.74) is 0. The topological polar surface area (TPSA) is 58.6 Å². The first-order valence-corrected chi connectivity index (χ1v) is 7.06. The summed E-state index contributed by atoms with van der Waals surface area (Å²) in [6.45, 7) is 3.25.